The molecule has 0 radical (unpaired) electrons. The number of rotatable bonds is 7. The summed E-state index contributed by atoms with van der Waals surface area (Å²) >= 11 is 0. The Balaban J connectivity index is 1.79. The number of nitrogens with one attached hydrogen (secondary N) is 1. The maximum Gasteiger partial charge on any atom is 0.0588 e. The Morgan fingerprint density at radius 3 is 2.83 bits per heavy atom. The number of benzene rings is 1. The van der Waals surface area contributed by atoms with Crippen molar-refractivity contribution in [1.82, 2.24) is 5.32 Å². The van der Waals surface area contributed by atoms with E-state index in [1.807, 2.05) is 0 Å². The molecular formula is C16H25NO. The van der Waals surface area contributed by atoms with Crippen LogP contribution >= 0.6 is 0 Å². The van der Waals surface area contributed by atoms with Crippen LogP contribution in [0.15, 0.2) is 30.3 Å². The predicted octanol–water partition coefficient (Wildman–Crippen LogP) is 3.69. The van der Waals surface area contributed by atoms with Gasteiger partial charge in [0, 0.05) is 12.6 Å². The summed E-state index contributed by atoms with van der Waals surface area (Å²) in [6, 6.07) is 11.3. The zero-order valence-corrected chi connectivity index (χ0v) is 11.4. The summed E-state index contributed by atoms with van der Waals surface area (Å²) in [5, 5.41) is 3.68. The molecule has 1 aliphatic heterocycles. The van der Waals surface area contributed by atoms with E-state index < -0.39 is 0 Å². The molecule has 1 N–H and O–H groups in total. The summed E-state index contributed by atoms with van der Waals surface area (Å²) < 4.78 is 5.66. The third kappa shape index (κ3) is 4.11. The lowest BCUT2D eigenvalue weighted by Gasteiger charge is -2.19. The van der Waals surface area contributed by atoms with Gasteiger partial charge in [0.1, 0.15) is 0 Å². The van der Waals surface area contributed by atoms with Crippen LogP contribution in [-0.4, -0.2) is 19.3 Å². The van der Waals surface area contributed by atoms with Crippen LogP contribution in [0.2, 0.25) is 0 Å². The first-order valence-corrected chi connectivity index (χ1v) is 7.30. The smallest absolute Gasteiger partial charge is 0.0588 e. The van der Waals surface area contributed by atoms with Crippen LogP contribution in [0.3, 0.4) is 0 Å². The van der Waals surface area contributed by atoms with Gasteiger partial charge in [0.2, 0.25) is 0 Å². The molecule has 1 aromatic carbocycles. The normalized spacial score (nSPS) is 21.1. The molecule has 18 heavy (non-hydrogen) atoms. The van der Waals surface area contributed by atoms with E-state index in [9.17, 15) is 0 Å². The molecular weight excluding hydrogens is 222 g/mol. The first-order chi connectivity index (χ1) is 8.90. The van der Waals surface area contributed by atoms with E-state index in [2.05, 4.69) is 42.6 Å². The average molecular weight is 247 g/mol. The van der Waals surface area contributed by atoms with Gasteiger partial charge in [0.05, 0.1) is 6.10 Å². The van der Waals surface area contributed by atoms with Crippen LogP contribution in [0.4, 0.5) is 0 Å². The molecule has 2 rings (SSSR count). The van der Waals surface area contributed by atoms with E-state index in [-0.39, 0.29) is 0 Å². The van der Waals surface area contributed by atoms with Crippen molar-refractivity contribution >= 4 is 0 Å². The molecule has 0 amide bonds. The van der Waals surface area contributed by atoms with Crippen LogP contribution in [0, 0.1) is 0 Å². The van der Waals surface area contributed by atoms with E-state index in [1.54, 1.807) is 0 Å². The highest BCUT2D eigenvalue weighted by Gasteiger charge is 2.16. The van der Waals surface area contributed by atoms with E-state index in [0.29, 0.717) is 12.1 Å². The highest BCUT2D eigenvalue weighted by atomic mass is 16.5. The van der Waals surface area contributed by atoms with E-state index >= 15 is 0 Å². The fraction of sp³-hybridized carbons (Fsp3) is 0.625. The number of hydrogen-bond acceptors (Lipinski definition) is 2. The van der Waals surface area contributed by atoms with Gasteiger partial charge in [-0.2, -0.15) is 0 Å². The Labute approximate surface area is 111 Å². The minimum absolute atomic E-state index is 0.496. The van der Waals surface area contributed by atoms with Crippen molar-refractivity contribution in [2.45, 2.75) is 51.2 Å². The monoisotopic (exact) mass is 247 g/mol. The maximum absolute atomic E-state index is 5.66. The van der Waals surface area contributed by atoms with Crippen molar-refractivity contribution in [3.05, 3.63) is 35.9 Å². The zero-order valence-electron chi connectivity index (χ0n) is 11.4. The van der Waals surface area contributed by atoms with E-state index in [0.717, 1.165) is 19.6 Å². The van der Waals surface area contributed by atoms with Crippen molar-refractivity contribution < 1.29 is 4.74 Å². The van der Waals surface area contributed by atoms with Crippen LogP contribution in [0.25, 0.3) is 0 Å². The molecule has 0 bridgehead atoms. The SMILES string of the molecule is CCCC(NCCC1CCCO1)c1ccccc1. The van der Waals surface area contributed by atoms with Gasteiger partial charge in [-0.1, -0.05) is 43.7 Å². The minimum atomic E-state index is 0.496. The van der Waals surface area contributed by atoms with Crippen molar-refractivity contribution in [1.29, 1.82) is 0 Å². The lowest BCUT2D eigenvalue weighted by Crippen LogP contribution is -2.25. The van der Waals surface area contributed by atoms with Crippen LogP contribution in [-0.2, 0) is 4.74 Å². The molecule has 0 saturated carbocycles. The van der Waals surface area contributed by atoms with Gasteiger partial charge in [0.25, 0.3) is 0 Å². The molecule has 2 nitrogen and oxygen atoms in total. The standard InChI is InChI=1S/C16H25NO/c1-2-7-16(14-8-4-3-5-9-14)17-12-11-15-10-6-13-18-15/h3-5,8-9,15-17H,2,6-7,10-13H2,1H3. The van der Waals surface area contributed by atoms with Gasteiger partial charge in [-0.05, 0) is 37.8 Å². The van der Waals surface area contributed by atoms with Crippen molar-refractivity contribution in [3.63, 3.8) is 0 Å². The molecule has 1 fully saturated rings. The summed E-state index contributed by atoms with van der Waals surface area (Å²) in [6.45, 7) is 4.27. The Morgan fingerprint density at radius 1 is 1.33 bits per heavy atom. The van der Waals surface area contributed by atoms with Gasteiger partial charge in [-0.15, -0.1) is 0 Å². The van der Waals surface area contributed by atoms with Gasteiger partial charge in [0.15, 0.2) is 0 Å². The average Bonchev–Trinajstić information content (AvgIpc) is 2.92. The fourth-order valence-corrected chi connectivity index (χ4v) is 2.65. The van der Waals surface area contributed by atoms with Gasteiger partial charge < -0.3 is 10.1 Å². The Bertz CT molecular complexity index is 319. The molecule has 2 unspecified atom stereocenters. The molecule has 1 saturated heterocycles. The summed E-state index contributed by atoms with van der Waals surface area (Å²) in [6.07, 6.45) is 6.54. The second-order valence-corrected chi connectivity index (χ2v) is 5.13. The first kappa shape index (κ1) is 13.6. The van der Waals surface area contributed by atoms with E-state index in [1.165, 1.54) is 31.2 Å². The van der Waals surface area contributed by atoms with Crippen LogP contribution in [0.1, 0.15) is 50.6 Å². The quantitative estimate of drug-likeness (QED) is 0.793. The first-order valence-electron chi connectivity index (χ1n) is 7.30. The topological polar surface area (TPSA) is 21.3 Å². The van der Waals surface area contributed by atoms with Crippen molar-refractivity contribution in [3.8, 4) is 0 Å². The third-order valence-electron chi connectivity index (χ3n) is 3.66. The molecule has 0 spiro atoms. The minimum Gasteiger partial charge on any atom is -0.378 e. The number of hydrogen-bond donors (Lipinski definition) is 1. The highest BCUT2D eigenvalue weighted by molar-refractivity contribution is 5.18. The Kier molecular flexibility index (Phi) is 5.69. The third-order valence-corrected chi connectivity index (χ3v) is 3.66. The molecule has 0 aliphatic carbocycles. The van der Waals surface area contributed by atoms with Gasteiger partial charge in [-0.25, -0.2) is 0 Å². The zero-order chi connectivity index (χ0) is 12.6. The van der Waals surface area contributed by atoms with Crippen LogP contribution < -0.4 is 5.32 Å². The highest BCUT2D eigenvalue weighted by Crippen LogP contribution is 2.19. The lowest BCUT2D eigenvalue weighted by atomic mass is 10.0. The van der Waals surface area contributed by atoms with Gasteiger partial charge >= 0.3 is 0 Å². The summed E-state index contributed by atoms with van der Waals surface area (Å²) in [4.78, 5) is 0. The number of ether oxygens (including phenoxy) is 1. The molecule has 100 valence electrons. The second kappa shape index (κ2) is 7.55. The molecule has 1 heterocycles. The maximum atomic E-state index is 5.66. The molecule has 2 atom stereocenters. The predicted molar refractivity (Wildman–Crippen MR) is 75.7 cm³/mol. The lowest BCUT2D eigenvalue weighted by molar-refractivity contribution is 0.103. The van der Waals surface area contributed by atoms with Crippen molar-refractivity contribution in [2.75, 3.05) is 13.2 Å². The van der Waals surface area contributed by atoms with Crippen LogP contribution in [0.5, 0.6) is 0 Å². The second-order valence-electron chi connectivity index (χ2n) is 5.13. The largest absolute Gasteiger partial charge is 0.378 e. The molecule has 0 aromatic heterocycles. The Morgan fingerprint density at radius 2 is 2.17 bits per heavy atom. The summed E-state index contributed by atoms with van der Waals surface area (Å²) in [5.74, 6) is 0. The molecule has 2 heteroatoms. The summed E-state index contributed by atoms with van der Waals surface area (Å²) in [7, 11) is 0. The molecule has 1 aliphatic rings. The Hall–Kier alpha value is -0.860. The van der Waals surface area contributed by atoms with Crippen molar-refractivity contribution in [2.24, 2.45) is 0 Å². The molecule has 1 aromatic rings. The van der Waals surface area contributed by atoms with E-state index in [4.69, 9.17) is 4.74 Å². The summed E-state index contributed by atoms with van der Waals surface area (Å²) in [5.41, 5.74) is 1.41. The fourth-order valence-electron chi connectivity index (χ4n) is 2.65. The van der Waals surface area contributed by atoms with Gasteiger partial charge in [-0.3, -0.25) is 0 Å².